The highest BCUT2D eigenvalue weighted by Crippen LogP contribution is 2.21. The Hall–Kier alpha value is -3.12. The maximum atomic E-state index is 12.5. The summed E-state index contributed by atoms with van der Waals surface area (Å²) in [4.78, 5) is 12.6. The molecule has 3 rings (SSSR count). The summed E-state index contributed by atoms with van der Waals surface area (Å²) in [5.74, 6) is -0.205. The molecular formula is C22H22N2O3S. The SMILES string of the molecule is Cc1ccccc1CNC(=O)c1ccc(NS(=O)(=O)c2ccccc2)c(C)c1. The van der Waals surface area contributed by atoms with Crippen molar-refractivity contribution in [2.45, 2.75) is 25.3 Å². The van der Waals surface area contributed by atoms with Gasteiger partial charge in [0.15, 0.2) is 0 Å². The second-order valence-electron chi connectivity index (χ2n) is 6.56. The van der Waals surface area contributed by atoms with Crippen LogP contribution >= 0.6 is 0 Å². The van der Waals surface area contributed by atoms with Gasteiger partial charge in [-0.3, -0.25) is 9.52 Å². The first-order valence-corrected chi connectivity index (χ1v) is 10.4. The van der Waals surface area contributed by atoms with Crippen LogP contribution in [-0.2, 0) is 16.6 Å². The molecule has 0 aromatic heterocycles. The smallest absolute Gasteiger partial charge is 0.261 e. The van der Waals surface area contributed by atoms with E-state index in [0.717, 1.165) is 11.1 Å². The number of hydrogen-bond donors (Lipinski definition) is 2. The molecule has 28 heavy (non-hydrogen) atoms. The van der Waals surface area contributed by atoms with Crippen LogP contribution in [-0.4, -0.2) is 14.3 Å². The van der Waals surface area contributed by atoms with Crippen molar-refractivity contribution in [3.8, 4) is 0 Å². The van der Waals surface area contributed by atoms with Crippen molar-refractivity contribution >= 4 is 21.6 Å². The Morgan fingerprint density at radius 1 is 0.857 bits per heavy atom. The molecule has 2 N–H and O–H groups in total. The van der Waals surface area contributed by atoms with Gasteiger partial charge in [0.1, 0.15) is 0 Å². The van der Waals surface area contributed by atoms with E-state index in [1.165, 1.54) is 12.1 Å². The van der Waals surface area contributed by atoms with E-state index in [4.69, 9.17) is 0 Å². The molecule has 0 bridgehead atoms. The maximum absolute atomic E-state index is 12.5. The average molecular weight is 394 g/mol. The van der Waals surface area contributed by atoms with Gasteiger partial charge in [0, 0.05) is 12.1 Å². The van der Waals surface area contributed by atoms with Crippen molar-refractivity contribution in [3.63, 3.8) is 0 Å². The molecule has 0 fully saturated rings. The molecule has 0 atom stereocenters. The summed E-state index contributed by atoms with van der Waals surface area (Å²) >= 11 is 0. The summed E-state index contributed by atoms with van der Waals surface area (Å²) < 4.78 is 27.5. The van der Waals surface area contributed by atoms with E-state index in [-0.39, 0.29) is 10.8 Å². The lowest BCUT2D eigenvalue weighted by atomic mass is 10.1. The molecule has 0 saturated heterocycles. The lowest BCUT2D eigenvalue weighted by Gasteiger charge is -2.12. The Labute approximate surface area is 165 Å². The quantitative estimate of drug-likeness (QED) is 0.663. The minimum absolute atomic E-state index is 0.189. The lowest BCUT2D eigenvalue weighted by Crippen LogP contribution is -2.23. The minimum Gasteiger partial charge on any atom is -0.348 e. The number of nitrogens with one attached hydrogen (secondary N) is 2. The number of rotatable bonds is 6. The topological polar surface area (TPSA) is 75.3 Å². The summed E-state index contributed by atoms with van der Waals surface area (Å²) in [6.07, 6.45) is 0. The first kappa shape index (κ1) is 19.6. The monoisotopic (exact) mass is 394 g/mol. The fourth-order valence-corrected chi connectivity index (χ4v) is 3.96. The molecule has 0 aliphatic heterocycles. The van der Waals surface area contributed by atoms with Crippen molar-refractivity contribution in [1.29, 1.82) is 0 Å². The van der Waals surface area contributed by atoms with Gasteiger partial charge >= 0.3 is 0 Å². The van der Waals surface area contributed by atoms with Gasteiger partial charge < -0.3 is 5.32 Å². The van der Waals surface area contributed by atoms with Crippen molar-refractivity contribution in [2.75, 3.05) is 4.72 Å². The number of aryl methyl sites for hydroxylation is 2. The van der Waals surface area contributed by atoms with E-state index >= 15 is 0 Å². The van der Waals surface area contributed by atoms with Gasteiger partial charge in [0.2, 0.25) is 0 Å². The van der Waals surface area contributed by atoms with Crippen LogP contribution in [0.2, 0.25) is 0 Å². The summed E-state index contributed by atoms with van der Waals surface area (Å²) in [5, 5.41) is 2.90. The second kappa shape index (κ2) is 8.27. The van der Waals surface area contributed by atoms with Gasteiger partial charge in [0.25, 0.3) is 15.9 Å². The number of sulfonamides is 1. The molecule has 6 heteroatoms. The molecule has 0 saturated carbocycles. The highest BCUT2D eigenvalue weighted by Gasteiger charge is 2.15. The molecule has 0 radical (unpaired) electrons. The van der Waals surface area contributed by atoms with Gasteiger partial charge in [0.05, 0.1) is 10.6 Å². The van der Waals surface area contributed by atoms with Gasteiger partial charge in [-0.25, -0.2) is 8.42 Å². The van der Waals surface area contributed by atoms with E-state index in [2.05, 4.69) is 10.0 Å². The molecule has 0 aliphatic carbocycles. The van der Waals surface area contributed by atoms with Gasteiger partial charge in [-0.2, -0.15) is 0 Å². The van der Waals surface area contributed by atoms with E-state index in [0.29, 0.717) is 23.4 Å². The zero-order valence-corrected chi connectivity index (χ0v) is 16.6. The van der Waals surface area contributed by atoms with E-state index in [1.54, 1.807) is 43.3 Å². The molecule has 0 heterocycles. The van der Waals surface area contributed by atoms with Crippen LogP contribution in [0.1, 0.15) is 27.0 Å². The van der Waals surface area contributed by atoms with Crippen molar-refractivity contribution in [3.05, 3.63) is 95.1 Å². The molecule has 1 amide bonds. The first-order chi connectivity index (χ1) is 13.4. The van der Waals surface area contributed by atoms with E-state index in [9.17, 15) is 13.2 Å². The normalized spacial score (nSPS) is 11.1. The summed E-state index contributed by atoms with van der Waals surface area (Å²) in [7, 11) is -3.67. The van der Waals surface area contributed by atoms with Crippen LogP contribution in [0.25, 0.3) is 0 Å². The van der Waals surface area contributed by atoms with E-state index in [1.807, 2.05) is 31.2 Å². The standard InChI is InChI=1S/C22H22N2O3S/c1-16-8-6-7-9-19(16)15-23-22(25)18-12-13-21(17(2)14-18)24-28(26,27)20-10-4-3-5-11-20/h3-14,24H,15H2,1-2H3,(H,23,25). The molecule has 3 aromatic carbocycles. The van der Waals surface area contributed by atoms with Gasteiger partial charge in [-0.15, -0.1) is 0 Å². The summed E-state index contributed by atoms with van der Waals surface area (Å²) in [6.45, 7) is 4.20. The van der Waals surface area contributed by atoms with Crippen molar-refractivity contribution in [1.82, 2.24) is 5.32 Å². The highest BCUT2D eigenvalue weighted by atomic mass is 32.2. The molecule has 5 nitrogen and oxygen atoms in total. The van der Waals surface area contributed by atoms with Crippen LogP contribution in [0.3, 0.4) is 0 Å². The fourth-order valence-electron chi connectivity index (χ4n) is 2.81. The average Bonchev–Trinajstić information content (AvgIpc) is 2.69. The third-order valence-electron chi connectivity index (χ3n) is 4.49. The zero-order chi connectivity index (χ0) is 20.1. The third kappa shape index (κ3) is 4.58. The van der Waals surface area contributed by atoms with Crippen LogP contribution < -0.4 is 10.0 Å². The number of amides is 1. The molecular weight excluding hydrogens is 372 g/mol. The number of benzene rings is 3. The molecule has 3 aromatic rings. The van der Waals surface area contributed by atoms with E-state index < -0.39 is 10.0 Å². The van der Waals surface area contributed by atoms with Gasteiger partial charge in [-0.05, 0) is 60.9 Å². The predicted molar refractivity (Wildman–Crippen MR) is 111 cm³/mol. The third-order valence-corrected chi connectivity index (χ3v) is 5.87. The van der Waals surface area contributed by atoms with Crippen LogP contribution in [0.5, 0.6) is 0 Å². The number of hydrogen-bond acceptors (Lipinski definition) is 3. The second-order valence-corrected chi connectivity index (χ2v) is 8.24. The Kier molecular flexibility index (Phi) is 5.80. The Morgan fingerprint density at radius 2 is 1.54 bits per heavy atom. The number of carbonyl (C=O) groups excluding carboxylic acids is 1. The largest absolute Gasteiger partial charge is 0.348 e. The predicted octanol–water partition coefficient (Wildman–Crippen LogP) is 4.03. The van der Waals surface area contributed by atoms with Gasteiger partial charge in [-0.1, -0.05) is 42.5 Å². The molecule has 0 unspecified atom stereocenters. The Bertz CT molecular complexity index is 1090. The van der Waals surface area contributed by atoms with Crippen LogP contribution in [0.15, 0.2) is 77.7 Å². The zero-order valence-electron chi connectivity index (χ0n) is 15.8. The molecule has 0 aliphatic rings. The molecule has 0 spiro atoms. The van der Waals surface area contributed by atoms with Crippen LogP contribution in [0, 0.1) is 13.8 Å². The van der Waals surface area contributed by atoms with Crippen molar-refractivity contribution < 1.29 is 13.2 Å². The Morgan fingerprint density at radius 3 is 2.21 bits per heavy atom. The van der Waals surface area contributed by atoms with Crippen molar-refractivity contribution in [2.24, 2.45) is 0 Å². The molecule has 144 valence electrons. The number of anilines is 1. The summed E-state index contributed by atoms with van der Waals surface area (Å²) in [5.41, 5.74) is 3.76. The highest BCUT2D eigenvalue weighted by molar-refractivity contribution is 7.92. The lowest BCUT2D eigenvalue weighted by molar-refractivity contribution is 0.0951. The maximum Gasteiger partial charge on any atom is 0.261 e. The fraction of sp³-hybridized carbons (Fsp3) is 0.136. The summed E-state index contributed by atoms with van der Waals surface area (Å²) in [6, 6.07) is 20.9. The van der Waals surface area contributed by atoms with Crippen LogP contribution in [0.4, 0.5) is 5.69 Å². The Balaban J connectivity index is 1.71. The first-order valence-electron chi connectivity index (χ1n) is 8.88. The minimum atomic E-state index is -3.67. The number of carbonyl (C=O) groups is 1.